The van der Waals surface area contributed by atoms with Crippen LogP contribution in [-0.2, 0) is 4.79 Å². The fourth-order valence-electron chi connectivity index (χ4n) is 3.42. The summed E-state index contributed by atoms with van der Waals surface area (Å²) in [7, 11) is 0. The topological polar surface area (TPSA) is 81.1 Å². The first kappa shape index (κ1) is 20.3. The monoisotopic (exact) mass is 423 g/mol. The minimum absolute atomic E-state index is 0.0769. The molecule has 0 radical (unpaired) electrons. The molecule has 1 aromatic heterocycles. The summed E-state index contributed by atoms with van der Waals surface area (Å²) in [4.78, 5) is 13.3. The molecule has 30 heavy (non-hydrogen) atoms. The second kappa shape index (κ2) is 8.39. The van der Waals surface area contributed by atoms with Crippen LogP contribution in [0.5, 0.6) is 5.75 Å². The van der Waals surface area contributed by atoms with Gasteiger partial charge in [-0.15, -0.1) is 10.2 Å². The van der Waals surface area contributed by atoms with Crippen molar-refractivity contribution in [2.24, 2.45) is 0 Å². The summed E-state index contributed by atoms with van der Waals surface area (Å²) in [6, 6.07) is 13.6. The van der Waals surface area contributed by atoms with E-state index in [1.165, 1.54) is 11.8 Å². The summed E-state index contributed by atoms with van der Waals surface area (Å²) in [5.74, 6) is 1.48. The quantitative estimate of drug-likeness (QED) is 0.646. The second-order valence-corrected chi connectivity index (χ2v) is 8.43. The summed E-state index contributed by atoms with van der Waals surface area (Å²) in [5, 5.41) is 11.7. The first-order valence-electron chi connectivity index (χ1n) is 9.92. The van der Waals surface area contributed by atoms with Gasteiger partial charge in [0.2, 0.25) is 11.1 Å². The molecule has 2 heterocycles. The van der Waals surface area contributed by atoms with Crippen LogP contribution in [-0.4, -0.2) is 32.6 Å². The number of hydrogen-bond donors (Lipinski definition) is 2. The van der Waals surface area contributed by atoms with E-state index in [0.717, 1.165) is 34.0 Å². The number of carbonyl (C=O) groups excluding carboxylic acids is 1. The number of aromatic nitrogens is 3. The van der Waals surface area contributed by atoms with Crippen LogP contribution < -0.4 is 15.5 Å². The van der Waals surface area contributed by atoms with Gasteiger partial charge in [-0.3, -0.25) is 4.79 Å². The van der Waals surface area contributed by atoms with E-state index >= 15 is 0 Å². The molecule has 0 spiro atoms. The standard InChI is InChI=1S/C22H25N5O2S/c1-5-29-17-10-8-16(9-11-17)19-20(30-22-25-24-15(4)27(22)26-19)21(28)23-18-12-13(2)6-7-14(18)3/h6-12,19-20,26H,5H2,1-4H3,(H,23,28)/t19-,20-/m1/s1. The Kier molecular flexibility index (Phi) is 5.67. The third kappa shape index (κ3) is 4.00. The van der Waals surface area contributed by atoms with Gasteiger partial charge in [0, 0.05) is 5.69 Å². The minimum Gasteiger partial charge on any atom is -0.494 e. The van der Waals surface area contributed by atoms with Gasteiger partial charge in [0.05, 0.1) is 12.6 Å². The molecule has 1 amide bonds. The third-order valence-electron chi connectivity index (χ3n) is 5.06. The summed E-state index contributed by atoms with van der Waals surface area (Å²) in [6.45, 7) is 8.46. The van der Waals surface area contributed by atoms with Gasteiger partial charge in [-0.25, -0.2) is 4.68 Å². The molecule has 0 unspecified atom stereocenters. The Morgan fingerprint density at radius 1 is 1.17 bits per heavy atom. The number of nitrogens with one attached hydrogen (secondary N) is 2. The van der Waals surface area contributed by atoms with Gasteiger partial charge in [0.25, 0.3) is 0 Å². The van der Waals surface area contributed by atoms with Crippen molar-refractivity contribution in [1.29, 1.82) is 0 Å². The molecule has 2 aromatic carbocycles. The van der Waals surface area contributed by atoms with Gasteiger partial charge in [-0.05, 0) is 62.6 Å². The lowest BCUT2D eigenvalue weighted by molar-refractivity contribution is -0.116. The number of hydrogen-bond acceptors (Lipinski definition) is 6. The van der Waals surface area contributed by atoms with Crippen molar-refractivity contribution in [3.05, 3.63) is 65.0 Å². The van der Waals surface area contributed by atoms with Gasteiger partial charge in [0.1, 0.15) is 16.8 Å². The van der Waals surface area contributed by atoms with Gasteiger partial charge in [0.15, 0.2) is 0 Å². The van der Waals surface area contributed by atoms with Gasteiger partial charge < -0.3 is 15.5 Å². The van der Waals surface area contributed by atoms with Crippen LogP contribution in [0.3, 0.4) is 0 Å². The van der Waals surface area contributed by atoms with Crippen LogP contribution in [0.1, 0.15) is 35.5 Å². The lowest BCUT2D eigenvalue weighted by Gasteiger charge is -2.33. The van der Waals surface area contributed by atoms with Crippen LogP contribution >= 0.6 is 11.8 Å². The zero-order chi connectivity index (χ0) is 21.3. The van der Waals surface area contributed by atoms with E-state index in [2.05, 4.69) is 20.9 Å². The summed E-state index contributed by atoms with van der Waals surface area (Å²) in [6.07, 6.45) is 0. The molecule has 2 atom stereocenters. The molecule has 4 rings (SSSR count). The van der Waals surface area contributed by atoms with Crippen molar-refractivity contribution >= 4 is 23.4 Å². The minimum atomic E-state index is -0.418. The van der Waals surface area contributed by atoms with Crippen molar-refractivity contribution in [3.8, 4) is 5.75 Å². The Labute approximate surface area is 180 Å². The van der Waals surface area contributed by atoms with Crippen LogP contribution in [0.2, 0.25) is 0 Å². The number of benzene rings is 2. The number of ether oxygens (including phenoxy) is 1. The van der Waals surface area contributed by atoms with Crippen LogP contribution in [0.4, 0.5) is 5.69 Å². The Balaban J connectivity index is 1.65. The predicted octanol–water partition coefficient (Wildman–Crippen LogP) is 4.00. The second-order valence-electron chi connectivity index (χ2n) is 7.32. The SMILES string of the molecule is CCOc1ccc([C@H]2Nn3c(C)nnc3S[C@H]2C(=O)Nc2cc(C)ccc2C)cc1. The van der Waals surface area contributed by atoms with Crippen LogP contribution in [0, 0.1) is 20.8 Å². The van der Waals surface area contributed by atoms with Crippen LogP contribution in [0.25, 0.3) is 0 Å². The predicted molar refractivity (Wildman–Crippen MR) is 119 cm³/mol. The van der Waals surface area contributed by atoms with Crippen molar-refractivity contribution < 1.29 is 9.53 Å². The van der Waals surface area contributed by atoms with Gasteiger partial charge in [-0.1, -0.05) is 36.0 Å². The summed E-state index contributed by atoms with van der Waals surface area (Å²) < 4.78 is 7.40. The molecule has 0 saturated carbocycles. The Bertz CT molecular complexity index is 1060. The van der Waals surface area contributed by atoms with E-state index in [1.54, 1.807) is 0 Å². The molecule has 8 heteroatoms. The number of aryl methyl sites for hydroxylation is 3. The van der Waals surface area contributed by atoms with Crippen molar-refractivity contribution in [2.45, 2.75) is 44.1 Å². The lowest BCUT2D eigenvalue weighted by atomic mass is 10.0. The average Bonchev–Trinajstić information content (AvgIpc) is 3.10. The number of thioether (sulfide) groups is 1. The fraction of sp³-hybridized carbons (Fsp3) is 0.318. The maximum Gasteiger partial charge on any atom is 0.240 e. The number of rotatable bonds is 5. The number of carbonyl (C=O) groups is 1. The fourth-order valence-corrected chi connectivity index (χ4v) is 4.55. The molecular formula is C22H25N5O2S. The van der Waals surface area contributed by atoms with E-state index < -0.39 is 5.25 Å². The van der Waals surface area contributed by atoms with Crippen LogP contribution in [0.15, 0.2) is 47.6 Å². The highest BCUT2D eigenvalue weighted by Crippen LogP contribution is 2.38. The Hall–Kier alpha value is -3.00. The Morgan fingerprint density at radius 3 is 2.67 bits per heavy atom. The molecule has 3 aromatic rings. The van der Waals surface area contributed by atoms with Gasteiger partial charge >= 0.3 is 0 Å². The lowest BCUT2D eigenvalue weighted by Crippen LogP contribution is -2.41. The molecule has 1 aliphatic heterocycles. The van der Waals surface area contributed by atoms with E-state index in [9.17, 15) is 4.79 Å². The zero-order valence-corrected chi connectivity index (χ0v) is 18.3. The molecular weight excluding hydrogens is 398 g/mol. The average molecular weight is 424 g/mol. The summed E-state index contributed by atoms with van der Waals surface area (Å²) in [5.41, 5.74) is 7.37. The van der Waals surface area contributed by atoms with E-state index in [0.29, 0.717) is 11.8 Å². The molecule has 0 fully saturated rings. The van der Waals surface area contributed by atoms with Crippen molar-refractivity contribution in [1.82, 2.24) is 14.9 Å². The highest BCUT2D eigenvalue weighted by atomic mass is 32.2. The molecule has 2 N–H and O–H groups in total. The largest absolute Gasteiger partial charge is 0.494 e. The van der Waals surface area contributed by atoms with Crippen molar-refractivity contribution in [2.75, 3.05) is 17.3 Å². The molecule has 7 nitrogen and oxygen atoms in total. The number of nitrogens with zero attached hydrogens (tertiary/aromatic N) is 3. The third-order valence-corrected chi connectivity index (χ3v) is 6.27. The highest BCUT2D eigenvalue weighted by molar-refractivity contribution is 8.00. The molecule has 1 aliphatic rings. The normalized spacial score (nSPS) is 17.7. The number of fused-ring (bicyclic) bond motifs is 1. The van der Waals surface area contributed by atoms with E-state index in [-0.39, 0.29) is 11.9 Å². The molecule has 0 saturated heterocycles. The maximum absolute atomic E-state index is 13.3. The van der Waals surface area contributed by atoms with E-state index in [1.807, 2.05) is 74.8 Å². The van der Waals surface area contributed by atoms with Gasteiger partial charge in [-0.2, -0.15) is 0 Å². The molecule has 156 valence electrons. The highest BCUT2D eigenvalue weighted by Gasteiger charge is 2.37. The zero-order valence-electron chi connectivity index (χ0n) is 17.5. The van der Waals surface area contributed by atoms with E-state index in [4.69, 9.17) is 4.74 Å². The molecule has 0 aliphatic carbocycles. The smallest absolute Gasteiger partial charge is 0.240 e. The first-order valence-corrected chi connectivity index (χ1v) is 10.8. The Morgan fingerprint density at radius 2 is 1.93 bits per heavy atom. The molecule has 0 bridgehead atoms. The number of amides is 1. The number of anilines is 1. The van der Waals surface area contributed by atoms with Crippen molar-refractivity contribution in [3.63, 3.8) is 0 Å². The maximum atomic E-state index is 13.3. The first-order chi connectivity index (χ1) is 14.5. The summed E-state index contributed by atoms with van der Waals surface area (Å²) >= 11 is 1.42.